The first kappa shape index (κ1) is 17.9. The maximum absolute atomic E-state index is 12.9. The highest BCUT2D eigenvalue weighted by Crippen LogP contribution is 2.38. The van der Waals surface area contributed by atoms with Gasteiger partial charge in [0.1, 0.15) is 11.5 Å². The molecule has 2 fully saturated rings. The van der Waals surface area contributed by atoms with Gasteiger partial charge in [-0.05, 0) is 37.8 Å². The van der Waals surface area contributed by atoms with E-state index in [0.717, 1.165) is 31.5 Å². The Labute approximate surface area is 157 Å². The second-order valence-electron chi connectivity index (χ2n) is 6.69. The molecule has 2 heterocycles. The highest BCUT2D eigenvalue weighted by Gasteiger charge is 2.32. The molecule has 1 aliphatic heterocycles. The van der Waals surface area contributed by atoms with E-state index in [9.17, 15) is 8.42 Å². The molecule has 1 aromatic carbocycles. The van der Waals surface area contributed by atoms with Gasteiger partial charge >= 0.3 is 0 Å². The van der Waals surface area contributed by atoms with Crippen LogP contribution in [0, 0.1) is 0 Å². The summed E-state index contributed by atoms with van der Waals surface area (Å²) in [5.74, 6) is 1.62. The highest BCUT2D eigenvalue weighted by molar-refractivity contribution is 7.89. The number of hydrogen-bond acceptors (Lipinski definition) is 6. The highest BCUT2D eigenvalue weighted by atomic mass is 35.5. The zero-order valence-corrected chi connectivity index (χ0v) is 15.7. The molecule has 2 aromatic rings. The van der Waals surface area contributed by atoms with Crippen LogP contribution in [0.3, 0.4) is 0 Å². The largest absolute Gasteiger partial charge is 0.367 e. The Morgan fingerprint density at radius 3 is 2.85 bits per heavy atom. The van der Waals surface area contributed by atoms with Crippen LogP contribution in [0.2, 0.25) is 5.02 Å². The summed E-state index contributed by atoms with van der Waals surface area (Å²) in [6.45, 7) is 0.946. The summed E-state index contributed by atoms with van der Waals surface area (Å²) in [4.78, 5) is 4.46. The minimum Gasteiger partial charge on any atom is -0.367 e. The fourth-order valence-electron chi connectivity index (χ4n) is 3.08. The van der Waals surface area contributed by atoms with Gasteiger partial charge < -0.3 is 9.26 Å². The standard InChI is InChI=1S/C17H20ClN3O4S/c18-14-5-1-2-6-15(14)26(22,23)21-9-3-4-13(10-21)24-11-16-19-17(20-25-16)12-7-8-12/h1-2,5-6,12-13H,3-4,7-11H2. The number of sulfonamides is 1. The number of ether oxygens (including phenoxy) is 1. The van der Waals surface area contributed by atoms with Crippen LogP contribution in [0.15, 0.2) is 33.7 Å². The van der Waals surface area contributed by atoms with Crippen molar-refractivity contribution in [3.8, 4) is 0 Å². The summed E-state index contributed by atoms with van der Waals surface area (Å²) >= 11 is 6.07. The lowest BCUT2D eigenvalue weighted by molar-refractivity contribution is -0.00296. The molecule has 140 valence electrons. The lowest BCUT2D eigenvalue weighted by Gasteiger charge is -2.31. The van der Waals surface area contributed by atoms with E-state index < -0.39 is 10.0 Å². The second-order valence-corrected chi connectivity index (χ2v) is 9.00. The number of halogens is 1. The molecule has 4 rings (SSSR count). The van der Waals surface area contributed by atoms with Gasteiger partial charge in [-0.1, -0.05) is 28.9 Å². The van der Waals surface area contributed by atoms with Crippen molar-refractivity contribution < 1.29 is 17.7 Å². The number of hydrogen-bond donors (Lipinski definition) is 0. The Kier molecular flexibility index (Phi) is 5.00. The van der Waals surface area contributed by atoms with Gasteiger partial charge in [0.2, 0.25) is 10.0 Å². The molecule has 0 bridgehead atoms. The summed E-state index contributed by atoms with van der Waals surface area (Å²) in [5.41, 5.74) is 0. The Hall–Kier alpha value is -1.48. The second kappa shape index (κ2) is 7.26. The molecule has 1 aliphatic carbocycles. The van der Waals surface area contributed by atoms with Crippen LogP contribution in [0.25, 0.3) is 0 Å². The monoisotopic (exact) mass is 397 g/mol. The van der Waals surface area contributed by atoms with E-state index in [1.54, 1.807) is 18.2 Å². The lowest BCUT2D eigenvalue weighted by atomic mass is 10.1. The molecule has 26 heavy (non-hydrogen) atoms. The number of piperidine rings is 1. The van der Waals surface area contributed by atoms with Crippen molar-refractivity contribution in [1.82, 2.24) is 14.4 Å². The van der Waals surface area contributed by atoms with E-state index in [1.165, 1.54) is 10.4 Å². The Morgan fingerprint density at radius 1 is 1.27 bits per heavy atom. The van der Waals surface area contributed by atoms with Crippen LogP contribution in [-0.4, -0.2) is 42.1 Å². The first-order chi connectivity index (χ1) is 12.5. The van der Waals surface area contributed by atoms with E-state index in [4.69, 9.17) is 20.9 Å². The number of aromatic nitrogens is 2. The van der Waals surface area contributed by atoms with E-state index in [-0.39, 0.29) is 29.2 Å². The molecule has 1 unspecified atom stereocenters. The molecule has 1 aromatic heterocycles. The molecule has 1 saturated carbocycles. The zero-order valence-electron chi connectivity index (χ0n) is 14.2. The maximum atomic E-state index is 12.9. The van der Waals surface area contributed by atoms with E-state index in [1.807, 2.05) is 0 Å². The quantitative estimate of drug-likeness (QED) is 0.744. The molecular formula is C17H20ClN3O4S. The molecular weight excluding hydrogens is 378 g/mol. The Morgan fingerprint density at radius 2 is 2.08 bits per heavy atom. The van der Waals surface area contributed by atoms with Crippen molar-refractivity contribution in [2.75, 3.05) is 13.1 Å². The third-order valence-corrected chi connectivity index (χ3v) is 7.03. The SMILES string of the molecule is O=S(=O)(c1ccccc1Cl)N1CCCC(OCc2nc(C3CC3)no2)C1. The van der Waals surface area contributed by atoms with Gasteiger partial charge in [0, 0.05) is 19.0 Å². The zero-order chi connectivity index (χ0) is 18.1. The van der Waals surface area contributed by atoms with Gasteiger partial charge in [-0.3, -0.25) is 0 Å². The van der Waals surface area contributed by atoms with Crippen molar-refractivity contribution in [2.24, 2.45) is 0 Å². The van der Waals surface area contributed by atoms with Crippen molar-refractivity contribution in [2.45, 2.75) is 49.2 Å². The van der Waals surface area contributed by atoms with Crippen molar-refractivity contribution in [1.29, 1.82) is 0 Å². The van der Waals surface area contributed by atoms with E-state index >= 15 is 0 Å². The number of nitrogens with zero attached hydrogens (tertiary/aromatic N) is 3. The van der Waals surface area contributed by atoms with E-state index in [2.05, 4.69) is 10.1 Å². The van der Waals surface area contributed by atoms with Gasteiger partial charge in [0.25, 0.3) is 5.89 Å². The molecule has 0 spiro atoms. The fourth-order valence-corrected chi connectivity index (χ4v) is 5.08. The first-order valence-electron chi connectivity index (χ1n) is 8.73. The van der Waals surface area contributed by atoms with Crippen molar-refractivity contribution >= 4 is 21.6 Å². The van der Waals surface area contributed by atoms with Crippen LogP contribution in [0.1, 0.15) is 43.3 Å². The molecule has 0 amide bonds. The van der Waals surface area contributed by atoms with Crippen LogP contribution in [0.4, 0.5) is 0 Å². The van der Waals surface area contributed by atoms with Gasteiger partial charge in [-0.25, -0.2) is 8.42 Å². The predicted molar refractivity (Wildman–Crippen MR) is 94.3 cm³/mol. The fraction of sp³-hybridized carbons (Fsp3) is 0.529. The number of benzene rings is 1. The normalized spacial score (nSPS) is 21.8. The molecule has 2 aliphatic rings. The van der Waals surface area contributed by atoms with Gasteiger partial charge in [-0.2, -0.15) is 9.29 Å². The molecule has 1 atom stereocenters. The van der Waals surface area contributed by atoms with E-state index in [0.29, 0.717) is 18.4 Å². The summed E-state index contributed by atoms with van der Waals surface area (Å²) < 4.78 is 38.2. The van der Waals surface area contributed by atoms with Crippen LogP contribution in [-0.2, 0) is 21.4 Å². The van der Waals surface area contributed by atoms with Crippen molar-refractivity contribution in [3.05, 3.63) is 41.0 Å². The lowest BCUT2D eigenvalue weighted by Crippen LogP contribution is -2.43. The Bertz CT molecular complexity index is 882. The topological polar surface area (TPSA) is 85.5 Å². The first-order valence-corrected chi connectivity index (χ1v) is 10.5. The summed E-state index contributed by atoms with van der Waals surface area (Å²) in [6, 6.07) is 6.49. The smallest absolute Gasteiger partial charge is 0.252 e. The van der Waals surface area contributed by atoms with Crippen molar-refractivity contribution in [3.63, 3.8) is 0 Å². The minimum atomic E-state index is -3.64. The van der Waals surface area contributed by atoms with Crippen LogP contribution >= 0.6 is 11.6 Å². The Balaban J connectivity index is 1.39. The average Bonchev–Trinajstić information content (AvgIpc) is 3.39. The molecule has 1 saturated heterocycles. The maximum Gasteiger partial charge on any atom is 0.252 e. The van der Waals surface area contributed by atoms with Gasteiger partial charge in [0.05, 0.1) is 11.1 Å². The summed E-state index contributed by atoms with van der Waals surface area (Å²) in [7, 11) is -3.64. The average molecular weight is 398 g/mol. The third-order valence-electron chi connectivity index (χ3n) is 4.66. The van der Waals surface area contributed by atoms with Crippen LogP contribution in [0.5, 0.6) is 0 Å². The van der Waals surface area contributed by atoms with Crippen LogP contribution < -0.4 is 0 Å². The molecule has 0 radical (unpaired) electrons. The minimum absolute atomic E-state index is 0.133. The molecule has 0 N–H and O–H groups in total. The van der Waals surface area contributed by atoms with Gasteiger partial charge in [-0.15, -0.1) is 0 Å². The predicted octanol–water partition coefficient (Wildman–Crippen LogP) is 2.97. The third kappa shape index (κ3) is 3.78. The number of rotatable bonds is 6. The summed E-state index contributed by atoms with van der Waals surface area (Å²) in [5, 5.41) is 4.19. The van der Waals surface area contributed by atoms with Gasteiger partial charge in [0.15, 0.2) is 5.82 Å². The molecule has 7 nitrogen and oxygen atoms in total. The summed E-state index contributed by atoms with van der Waals surface area (Å²) in [6.07, 6.45) is 3.52. The molecule has 9 heteroatoms.